The van der Waals surface area contributed by atoms with Gasteiger partial charge in [0.05, 0.1) is 5.56 Å². The number of nitrogens with zero attached hydrogens (tertiary/aromatic N) is 4. The Labute approximate surface area is 80.4 Å². The molecule has 0 saturated carbocycles. The maximum atomic E-state index is 4.93. The quantitative estimate of drug-likeness (QED) is 0.778. The lowest BCUT2D eigenvalue weighted by atomic mass is 10.3. The van der Waals surface area contributed by atoms with E-state index in [2.05, 4.69) is 25.4 Å². The van der Waals surface area contributed by atoms with Crippen LogP contribution in [0.1, 0.15) is 6.92 Å². The predicted molar refractivity (Wildman–Crippen MR) is 49.5 cm³/mol. The summed E-state index contributed by atoms with van der Waals surface area (Å²) < 4.78 is 4.93. The lowest BCUT2D eigenvalue weighted by molar-refractivity contribution is 0.432. The van der Waals surface area contributed by atoms with Crippen molar-refractivity contribution < 1.29 is 4.52 Å². The van der Waals surface area contributed by atoms with E-state index in [0.29, 0.717) is 11.8 Å². The first-order valence-corrected chi connectivity index (χ1v) is 4.23. The Morgan fingerprint density at radius 1 is 1.36 bits per heavy atom. The predicted octanol–water partition coefficient (Wildman–Crippen LogP) is 0.958. The summed E-state index contributed by atoms with van der Waals surface area (Å²) in [5, 5.41) is 6.69. The molecule has 2 rings (SSSR count). The van der Waals surface area contributed by atoms with Crippen LogP contribution in [0.15, 0.2) is 23.2 Å². The van der Waals surface area contributed by atoms with Crippen LogP contribution in [0.3, 0.4) is 0 Å². The number of hydrogen-bond acceptors (Lipinski definition) is 6. The second kappa shape index (κ2) is 3.82. The van der Waals surface area contributed by atoms with E-state index >= 15 is 0 Å². The molecule has 0 aliphatic heterocycles. The van der Waals surface area contributed by atoms with Gasteiger partial charge in [-0.1, -0.05) is 5.16 Å². The summed E-state index contributed by atoms with van der Waals surface area (Å²) >= 11 is 0. The third kappa shape index (κ3) is 1.68. The highest BCUT2D eigenvalue weighted by atomic mass is 16.5. The Morgan fingerprint density at radius 2 is 2.14 bits per heavy atom. The van der Waals surface area contributed by atoms with Crippen LogP contribution in [-0.4, -0.2) is 26.7 Å². The molecule has 0 amide bonds. The molecule has 0 aromatic carbocycles. The molecule has 2 aromatic rings. The smallest absolute Gasteiger partial charge is 0.321 e. The standard InChI is InChI=1S/C8H9N5O/c1-2-11-8-12-7(13-14-8)6-3-9-5-10-4-6/h3-5H,2H2,1H3,(H,11,12,13). The molecule has 6 heteroatoms. The van der Waals surface area contributed by atoms with Crippen LogP contribution in [0.4, 0.5) is 6.01 Å². The monoisotopic (exact) mass is 191 g/mol. The molecule has 0 spiro atoms. The number of aromatic nitrogens is 4. The van der Waals surface area contributed by atoms with Crippen molar-refractivity contribution >= 4 is 6.01 Å². The Morgan fingerprint density at radius 3 is 2.86 bits per heavy atom. The van der Waals surface area contributed by atoms with E-state index in [4.69, 9.17) is 4.52 Å². The van der Waals surface area contributed by atoms with Crippen molar-refractivity contribution in [3.05, 3.63) is 18.7 Å². The zero-order chi connectivity index (χ0) is 9.80. The third-order valence-corrected chi connectivity index (χ3v) is 1.57. The molecule has 0 aliphatic carbocycles. The van der Waals surface area contributed by atoms with Gasteiger partial charge in [0.25, 0.3) is 0 Å². The summed E-state index contributed by atoms with van der Waals surface area (Å²) in [6.45, 7) is 2.70. The van der Waals surface area contributed by atoms with Crippen LogP contribution in [0.25, 0.3) is 11.4 Å². The Bertz CT molecular complexity index is 399. The van der Waals surface area contributed by atoms with Crippen LogP contribution in [0.2, 0.25) is 0 Å². The molecule has 0 radical (unpaired) electrons. The minimum atomic E-state index is 0.409. The minimum absolute atomic E-state index is 0.409. The molecule has 14 heavy (non-hydrogen) atoms. The van der Waals surface area contributed by atoms with E-state index in [1.807, 2.05) is 6.92 Å². The molecule has 0 saturated heterocycles. The summed E-state index contributed by atoms with van der Waals surface area (Å²) in [4.78, 5) is 11.8. The molecule has 0 aliphatic rings. The van der Waals surface area contributed by atoms with E-state index in [1.165, 1.54) is 6.33 Å². The first-order chi connectivity index (χ1) is 6.90. The Balaban J connectivity index is 2.25. The summed E-state index contributed by atoms with van der Waals surface area (Å²) in [5.41, 5.74) is 0.736. The normalized spacial score (nSPS) is 10.1. The molecule has 0 atom stereocenters. The van der Waals surface area contributed by atoms with Crippen LogP contribution in [-0.2, 0) is 0 Å². The molecule has 72 valence electrons. The first-order valence-electron chi connectivity index (χ1n) is 4.23. The molecule has 0 unspecified atom stereocenters. The van der Waals surface area contributed by atoms with Crippen molar-refractivity contribution in [3.63, 3.8) is 0 Å². The molecule has 0 bridgehead atoms. The van der Waals surface area contributed by atoms with E-state index in [-0.39, 0.29) is 0 Å². The molecule has 0 fully saturated rings. The zero-order valence-electron chi connectivity index (χ0n) is 7.64. The lowest BCUT2D eigenvalue weighted by Gasteiger charge is -1.90. The highest BCUT2D eigenvalue weighted by Gasteiger charge is 2.07. The lowest BCUT2D eigenvalue weighted by Crippen LogP contribution is -1.95. The van der Waals surface area contributed by atoms with Gasteiger partial charge < -0.3 is 9.84 Å². The van der Waals surface area contributed by atoms with Crippen molar-refractivity contribution in [2.24, 2.45) is 0 Å². The van der Waals surface area contributed by atoms with Gasteiger partial charge in [-0.3, -0.25) is 0 Å². The average Bonchev–Trinajstić information content (AvgIpc) is 2.68. The van der Waals surface area contributed by atoms with E-state index in [1.54, 1.807) is 12.4 Å². The molecule has 6 nitrogen and oxygen atoms in total. The highest BCUT2D eigenvalue weighted by molar-refractivity contribution is 5.52. The van der Waals surface area contributed by atoms with Gasteiger partial charge in [0.2, 0.25) is 5.82 Å². The fourth-order valence-corrected chi connectivity index (χ4v) is 0.978. The summed E-state index contributed by atoms with van der Waals surface area (Å²) in [7, 11) is 0. The maximum absolute atomic E-state index is 4.93. The van der Waals surface area contributed by atoms with Crippen molar-refractivity contribution in [2.75, 3.05) is 11.9 Å². The van der Waals surface area contributed by atoms with E-state index in [0.717, 1.165) is 12.1 Å². The van der Waals surface area contributed by atoms with Crippen LogP contribution >= 0.6 is 0 Å². The van der Waals surface area contributed by atoms with Gasteiger partial charge in [0.15, 0.2) is 0 Å². The third-order valence-electron chi connectivity index (χ3n) is 1.57. The fourth-order valence-electron chi connectivity index (χ4n) is 0.978. The van der Waals surface area contributed by atoms with Gasteiger partial charge in [-0.25, -0.2) is 9.97 Å². The number of nitrogens with one attached hydrogen (secondary N) is 1. The second-order valence-corrected chi connectivity index (χ2v) is 2.58. The number of hydrogen-bond donors (Lipinski definition) is 1. The first kappa shape index (κ1) is 8.61. The summed E-state index contributed by atoms with van der Waals surface area (Å²) in [6, 6.07) is 0.409. The van der Waals surface area contributed by atoms with Gasteiger partial charge in [0.1, 0.15) is 6.33 Å². The summed E-state index contributed by atoms with van der Waals surface area (Å²) in [5.74, 6) is 0.488. The van der Waals surface area contributed by atoms with Crippen LogP contribution in [0.5, 0.6) is 0 Å². The Hall–Kier alpha value is -1.98. The van der Waals surface area contributed by atoms with Crippen molar-refractivity contribution in [1.29, 1.82) is 0 Å². The van der Waals surface area contributed by atoms with Gasteiger partial charge in [-0.2, -0.15) is 4.98 Å². The zero-order valence-corrected chi connectivity index (χ0v) is 7.64. The van der Waals surface area contributed by atoms with Gasteiger partial charge in [0, 0.05) is 18.9 Å². The van der Waals surface area contributed by atoms with Gasteiger partial charge in [-0.05, 0) is 6.92 Å². The van der Waals surface area contributed by atoms with Gasteiger partial charge >= 0.3 is 6.01 Å². The van der Waals surface area contributed by atoms with Crippen molar-refractivity contribution in [2.45, 2.75) is 6.92 Å². The highest BCUT2D eigenvalue weighted by Crippen LogP contribution is 2.14. The maximum Gasteiger partial charge on any atom is 0.321 e. The molecular weight excluding hydrogens is 182 g/mol. The SMILES string of the molecule is CCNc1nc(-c2cncnc2)no1. The van der Waals surface area contributed by atoms with Crippen LogP contribution < -0.4 is 5.32 Å². The van der Waals surface area contributed by atoms with Crippen molar-refractivity contribution in [1.82, 2.24) is 20.1 Å². The van der Waals surface area contributed by atoms with E-state index in [9.17, 15) is 0 Å². The average molecular weight is 191 g/mol. The van der Waals surface area contributed by atoms with Crippen LogP contribution in [0, 0.1) is 0 Å². The largest absolute Gasteiger partial charge is 0.338 e. The van der Waals surface area contributed by atoms with E-state index < -0.39 is 0 Å². The molecule has 1 N–H and O–H groups in total. The van der Waals surface area contributed by atoms with Crippen molar-refractivity contribution in [3.8, 4) is 11.4 Å². The second-order valence-electron chi connectivity index (χ2n) is 2.58. The fraction of sp³-hybridized carbons (Fsp3) is 0.250. The molecular formula is C8H9N5O. The minimum Gasteiger partial charge on any atom is -0.338 e. The van der Waals surface area contributed by atoms with Gasteiger partial charge in [-0.15, -0.1) is 0 Å². The number of anilines is 1. The topological polar surface area (TPSA) is 76.7 Å². The summed E-state index contributed by atoms with van der Waals surface area (Å²) in [6.07, 6.45) is 4.72. The Kier molecular flexibility index (Phi) is 2.35. The number of rotatable bonds is 3. The molecule has 2 aromatic heterocycles. The molecule has 2 heterocycles.